The van der Waals surface area contributed by atoms with Gasteiger partial charge in [0.1, 0.15) is 29.6 Å². The molecule has 34 heavy (non-hydrogen) atoms. The molecule has 5 nitrogen and oxygen atoms in total. The summed E-state index contributed by atoms with van der Waals surface area (Å²) in [5, 5.41) is 20.4. The lowest BCUT2D eigenvalue weighted by molar-refractivity contribution is 0.237. The molecule has 3 aromatic rings. The van der Waals surface area contributed by atoms with Gasteiger partial charge in [-0.3, -0.25) is 4.90 Å². The summed E-state index contributed by atoms with van der Waals surface area (Å²) in [6, 6.07) is 19.5. The largest absolute Gasteiger partial charge is 0.508 e. The Balaban J connectivity index is 1.46. The lowest BCUT2D eigenvalue weighted by atomic mass is 9.69. The molecule has 0 saturated carbocycles. The normalized spacial score (nSPS) is 20.1. The van der Waals surface area contributed by atoms with Gasteiger partial charge < -0.3 is 19.7 Å². The number of phenols is 2. The van der Waals surface area contributed by atoms with Crippen LogP contribution in [0.15, 0.2) is 60.7 Å². The molecule has 0 radical (unpaired) electrons. The van der Waals surface area contributed by atoms with E-state index in [1.807, 2.05) is 18.2 Å². The van der Waals surface area contributed by atoms with Crippen LogP contribution in [0, 0.1) is 0 Å². The molecule has 0 bridgehead atoms. The van der Waals surface area contributed by atoms with Crippen LogP contribution in [0.2, 0.25) is 0 Å². The van der Waals surface area contributed by atoms with E-state index in [9.17, 15) is 10.2 Å². The van der Waals surface area contributed by atoms with Crippen LogP contribution in [0.25, 0.3) is 0 Å². The van der Waals surface area contributed by atoms with Crippen LogP contribution in [0.4, 0.5) is 0 Å². The molecule has 1 heterocycles. The maximum absolute atomic E-state index is 10.2. The summed E-state index contributed by atoms with van der Waals surface area (Å²) >= 11 is 0. The van der Waals surface area contributed by atoms with E-state index in [-0.39, 0.29) is 23.3 Å². The number of ether oxygens (including phenoxy) is 2. The Kier molecular flexibility index (Phi) is 6.63. The first-order chi connectivity index (χ1) is 16.6. The minimum atomic E-state index is 0.0414. The van der Waals surface area contributed by atoms with Crippen LogP contribution in [-0.2, 0) is 6.42 Å². The van der Waals surface area contributed by atoms with Crippen molar-refractivity contribution in [3.05, 3.63) is 82.9 Å². The molecule has 0 amide bonds. The summed E-state index contributed by atoms with van der Waals surface area (Å²) in [5.41, 5.74) is 4.51. The van der Waals surface area contributed by atoms with Gasteiger partial charge in [-0.2, -0.15) is 0 Å². The van der Waals surface area contributed by atoms with Crippen molar-refractivity contribution < 1.29 is 19.7 Å². The maximum Gasteiger partial charge on any atom is 0.126 e. The number of benzene rings is 3. The van der Waals surface area contributed by atoms with E-state index < -0.39 is 0 Å². The monoisotopic (exact) mass is 459 g/mol. The van der Waals surface area contributed by atoms with Crippen molar-refractivity contribution >= 4 is 0 Å². The van der Waals surface area contributed by atoms with Crippen LogP contribution < -0.4 is 9.47 Å². The zero-order chi connectivity index (χ0) is 23.5. The lowest BCUT2D eigenvalue weighted by Gasteiger charge is -2.35. The molecule has 178 valence electrons. The van der Waals surface area contributed by atoms with E-state index >= 15 is 0 Å². The van der Waals surface area contributed by atoms with E-state index in [0.717, 1.165) is 41.8 Å². The molecule has 2 aliphatic rings. The van der Waals surface area contributed by atoms with Crippen molar-refractivity contribution in [2.24, 2.45) is 0 Å². The standard InChI is InChI=1S/C29H33NO4/c1-33-27-19-24(32)18-22-9-12-26(21-5-4-6-23(31)17-21)28(29(22)27)20-7-10-25(11-8-20)34-16-15-30-13-2-3-14-30/h4-8,10-11,17-19,26,28,31-32H,2-3,9,12-16H2,1H3/t26-,28+/m1/s1. The second kappa shape index (κ2) is 9.98. The van der Waals surface area contributed by atoms with E-state index in [2.05, 4.69) is 35.2 Å². The summed E-state index contributed by atoms with van der Waals surface area (Å²) in [5.74, 6) is 2.31. The average Bonchev–Trinajstić information content (AvgIpc) is 3.37. The van der Waals surface area contributed by atoms with Gasteiger partial charge in [0.05, 0.1) is 7.11 Å². The number of hydrogen-bond acceptors (Lipinski definition) is 5. The highest BCUT2D eigenvalue weighted by Gasteiger charge is 2.35. The summed E-state index contributed by atoms with van der Waals surface area (Å²) in [7, 11) is 1.65. The molecule has 2 atom stereocenters. The van der Waals surface area contributed by atoms with Gasteiger partial charge in [0.15, 0.2) is 0 Å². The molecule has 1 fully saturated rings. The van der Waals surface area contributed by atoms with Crippen LogP contribution in [0.1, 0.15) is 53.4 Å². The molecule has 1 aliphatic heterocycles. The number of likely N-dealkylation sites (tertiary alicyclic amines) is 1. The number of nitrogens with zero attached hydrogens (tertiary/aromatic N) is 1. The first kappa shape index (κ1) is 22.6. The molecule has 2 N–H and O–H groups in total. The second-order valence-electron chi connectivity index (χ2n) is 9.40. The minimum Gasteiger partial charge on any atom is -0.508 e. The molecular formula is C29H33NO4. The number of fused-ring (bicyclic) bond motifs is 1. The summed E-state index contributed by atoms with van der Waals surface area (Å²) in [4.78, 5) is 2.45. The Bertz CT molecular complexity index is 1100. The predicted octanol–water partition coefficient (Wildman–Crippen LogP) is 5.44. The Labute approximate surface area is 201 Å². The predicted molar refractivity (Wildman–Crippen MR) is 133 cm³/mol. The number of rotatable bonds is 7. The molecule has 1 aliphatic carbocycles. The van der Waals surface area contributed by atoms with Gasteiger partial charge in [0.25, 0.3) is 0 Å². The third-order valence-electron chi connectivity index (χ3n) is 7.28. The zero-order valence-electron chi connectivity index (χ0n) is 19.7. The van der Waals surface area contributed by atoms with Crippen LogP contribution in [-0.4, -0.2) is 48.5 Å². The first-order valence-electron chi connectivity index (χ1n) is 12.3. The fourth-order valence-corrected chi connectivity index (χ4v) is 5.66. The molecule has 5 rings (SSSR count). The highest BCUT2D eigenvalue weighted by Crippen LogP contribution is 2.51. The fourth-order valence-electron chi connectivity index (χ4n) is 5.66. The number of aryl methyl sites for hydroxylation is 1. The SMILES string of the molecule is COc1cc(O)cc2c1[C@@H](c1ccc(OCCN3CCCC3)cc1)[C@@H](c1cccc(O)c1)CC2. The Morgan fingerprint density at radius 3 is 2.44 bits per heavy atom. The third kappa shape index (κ3) is 4.71. The van der Waals surface area contributed by atoms with Crippen molar-refractivity contribution in [2.45, 2.75) is 37.5 Å². The molecule has 0 unspecified atom stereocenters. The molecule has 0 spiro atoms. The average molecular weight is 460 g/mol. The summed E-state index contributed by atoms with van der Waals surface area (Å²) in [6.07, 6.45) is 4.34. The number of hydrogen-bond donors (Lipinski definition) is 2. The number of phenolic OH excluding ortho intramolecular Hbond substituents is 2. The van der Waals surface area contributed by atoms with Crippen LogP contribution in [0.5, 0.6) is 23.0 Å². The quantitative estimate of drug-likeness (QED) is 0.492. The number of methoxy groups -OCH3 is 1. The van der Waals surface area contributed by atoms with Crippen molar-refractivity contribution in [3.63, 3.8) is 0 Å². The summed E-state index contributed by atoms with van der Waals surface area (Å²) < 4.78 is 11.8. The van der Waals surface area contributed by atoms with Gasteiger partial charge in [0, 0.05) is 24.1 Å². The highest BCUT2D eigenvalue weighted by atomic mass is 16.5. The Hall–Kier alpha value is -3.18. The smallest absolute Gasteiger partial charge is 0.126 e. The maximum atomic E-state index is 10.2. The van der Waals surface area contributed by atoms with Crippen molar-refractivity contribution in [2.75, 3.05) is 33.4 Å². The Morgan fingerprint density at radius 2 is 1.71 bits per heavy atom. The topological polar surface area (TPSA) is 62.2 Å². The van der Waals surface area contributed by atoms with E-state index in [0.29, 0.717) is 12.4 Å². The molecule has 5 heteroatoms. The van der Waals surface area contributed by atoms with Crippen molar-refractivity contribution in [3.8, 4) is 23.0 Å². The fraction of sp³-hybridized carbons (Fsp3) is 0.379. The van der Waals surface area contributed by atoms with Crippen LogP contribution >= 0.6 is 0 Å². The highest BCUT2D eigenvalue weighted by molar-refractivity contribution is 5.55. The molecule has 1 saturated heterocycles. The first-order valence-corrected chi connectivity index (χ1v) is 12.3. The van der Waals surface area contributed by atoms with E-state index in [1.165, 1.54) is 31.5 Å². The number of aromatic hydroxyl groups is 2. The zero-order valence-corrected chi connectivity index (χ0v) is 19.7. The third-order valence-corrected chi connectivity index (χ3v) is 7.28. The van der Waals surface area contributed by atoms with E-state index in [4.69, 9.17) is 9.47 Å². The van der Waals surface area contributed by atoms with Gasteiger partial charge >= 0.3 is 0 Å². The van der Waals surface area contributed by atoms with E-state index in [1.54, 1.807) is 19.2 Å². The van der Waals surface area contributed by atoms with Gasteiger partial charge in [-0.25, -0.2) is 0 Å². The van der Waals surface area contributed by atoms with Crippen LogP contribution in [0.3, 0.4) is 0 Å². The Morgan fingerprint density at radius 1 is 0.912 bits per heavy atom. The van der Waals surface area contributed by atoms with Crippen molar-refractivity contribution in [1.29, 1.82) is 0 Å². The molecule has 0 aromatic heterocycles. The minimum absolute atomic E-state index is 0.0414. The molecule has 3 aromatic carbocycles. The lowest BCUT2D eigenvalue weighted by Crippen LogP contribution is -2.25. The van der Waals surface area contributed by atoms with Crippen molar-refractivity contribution in [1.82, 2.24) is 4.90 Å². The van der Waals surface area contributed by atoms with Gasteiger partial charge in [-0.05, 0) is 91.7 Å². The summed E-state index contributed by atoms with van der Waals surface area (Å²) in [6.45, 7) is 4.02. The second-order valence-corrected chi connectivity index (χ2v) is 9.40. The molecular weight excluding hydrogens is 426 g/mol. The van der Waals surface area contributed by atoms with Gasteiger partial charge in [-0.15, -0.1) is 0 Å². The van der Waals surface area contributed by atoms with Gasteiger partial charge in [0.2, 0.25) is 0 Å². The van der Waals surface area contributed by atoms with Gasteiger partial charge in [-0.1, -0.05) is 24.3 Å².